The normalized spacial score (nSPS) is 11.6. The van der Waals surface area contributed by atoms with Crippen molar-refractivity contribution in [3.8, 4) is 11.1 Å². The van der Waals surface area contributed by atoms with E-state index in [-0.39, 0.29) is 17.7 Å². The summed E-state index contributed by atoms with van der Waals surface area (Å²) in [4.78, 5) is 41.5. The number of aromatic carboxylic acids is 1. The van der Waals surface area contributed by atoms with Gasteiger partial charge >= 0.3 is 5.97 Å². The Kier molecular flexibility index (Phi) is 10.0. The molecular weight excluding hydrogens is 520 g/mol. The number of amides is 2. The van der Waals surface area contributed by atoms with Crippen molar-refractivity contribution in [2.24, 2.45) is 0 Å². The summed E-state index contributed by atoms with van der Waals surface area (Å²) >= 11 is 0. The number of carboxylic acids is 1. The number of rotatable bonds is 13. The number of unbranched alkanes of at least 4 members (excludes halogenated alkanes) is 1. The number of imidazole rings is 1. The molecule has 0 radical (unpaired) electrons. The molecule has 0 bridgehead atoms. The van der Waals surface area contributed by atoms with E-state index in [4.69, 9.17) is 5.21 Å². The second-order valence-corrected chi connectivity index (χ2v) is 9.92. The Balaban J connectivity index is 1.53. The van der Waals surface area contributed by atoms with E-state index in [2.05, 4.69) is 17.2 Å². The first kappa shape index (κ1) is 29.2. The van der Waals surface area contributed by atoms with Crippen LogP contribution in [-0.4, -0.2) is 43.7 Å². The molecule has 0 aliphatic carbocycles. The van der Waals surface area contributed by atoms with E-state index >= 15 is 0 Å². The van der Waals surface area contributed by atoms with Gasteiger partial charge in [0, 0.05) is 31.6 Å². The Morgan fingerprint density at radius 3 is 2.32 bits per heavy atom. The van der Waals surface area contributed by atoms with Crippen LogP contribution in [-0.2, 0) is 24.2 Å². The summed E-state index contributed by atoms with van der Waals surface area (Å²) in [7, 11) is 0. The lowest BCUT2D eigenvalue weighted by atomic mass is 9.99. The Labute approximate surface area is 238 Å². The maximum absolute atomic E-state index is 13.3. The molecule has 9 heteroatoms. The molecule has 3 aromatic carbocycles. The minimum absolute atomic E-state index is 0.0854. The first-order chi connectivity index (χ1) is 19.9. The van der Waals surface area contributed by atoms with E-state index in [9.17, 15) is 19.5 Å². The molecule has 1 heterocycles. The molecule has 2 amide bonds. The van der Waals surface area contributed by atoms with Crippen LogP contribution in [0.1, 0.15) is 64.0 Å². The van der Waals surface area contributed by atoms with Gasteiger partial charge < -0.3 is 15.0 Å². The van der Waals surface area contributed by atoms with Crippen molar-refractivity contribution in [1.29, 1.82) is 0 Å². The summed E-state index contributed by atoms with van der Waals surface area (Å²) in [5.74, 6) is -1.17. The molecule has 0 aliphatic rings. The molecule has 0 saturated carbocycles. The zero-order valence-electron chi connectivity index (χ0n) is 22.9. The van der Waals surface area contributed by atoms with Crippen molar-refractivity contribution < 1.29 is 24.7 Å². The Bertz CT molecular complexity index is 1480. The van der Waals surface area contributed by atoms with Gasteiger partial charge in [-0.25, -0.2) is 15.3 Å². The molecule has 4 aromatic rings. The monoisotopic (exact) mass is 554 g/mol. The number of hydroxylamine groups is 1. The fraction of sp³-hybridized carbons (Fsp3) is 0.250. The number of carbonyl (C=O) groups is 3. The van der Waals surface area contributed by atoms with Crippen molar-refractivity contribution in [3.05, 3.63) is 113 Å². The molecular formula is C32H34N4O5. The molecule has 1 aromatic heterocycles. The lowest BCUT2D eigenvalue weighted by Gasteiger charge is -2.17. The largest absolute Gasteiger partial charge is 0.478 e. The number of nitrogens with one attached hydrogen (secondary N) is 2. The van der Waals surface area contributed by atoms with Gasteiger partial charge in [-0.05, 0) is 41.2 Å². The van der Waals surface area contributed by atoms with Gasteiger partial charge in [0.25, 0.3) is 5.91 Å². The van der Waals surface area contributed by atoms with Crippen LogP contribution in [0.15, 0.2) is 85.1 Å². The van der Waals surface area contributed by atoms with Crippen molar-refractivity contribution in [2.45, 2.75) is 51.6 Å². The fourth-order valence-corrected chi connectivity index (χ4v) is 4.74. The maximum atomic E-state index is 13.3. The smallest absolute Gasteiger partial charge is 0.336 e. The summed E-state index contributed by atoms with van der Waals surface area (Å²) in [5, 5.41) is 21.5. The van der Waals surface area contributed by atoms with Gasteiger partial charge in [0.05, 0.1) is 5.56 Å². The Morgan fingerprint density at radius 1 is 0.927 bits per heavy atom. The number of carboxylic acid groups (broad SMARTS) is 1. The highest BCUT2D eigenvalue weighted by Crippen LogP contribution is 2.24. The third-order valence-electron chi connectivity index (χ3n) is 6.84. The minimum Gasteiger partial charge on any atom is -0.478 e. The average molecular weight is 555 g/mol. The van der Waals surface area contributed by atoms with Crippen LogP contribution in [0.5, 0.6) is 0 Å². The highest BCUT2D eigenvalue weighted by molar-refractivity contribution is 5.96. The number of hydrogen-bond donors (Lipinski definition) is 4. The van der Waals surface area contributed by atoms with E-state index in [1.807, 2.05) is 65.2 Å². The minimum atomic E-state index is -0.975. The van der Waals surface area contributed by atoms with Gasteiger partial charge in [-0.15, -0.1) is 0 Å². The lowest BCUT2D eigenvalue weighted by Crippen LogP contribution is -2.40. The zero-order chi connectivity index (χ0) is 29.2. The second kappa shape index (κ2) is 14.0. The number of aromatic nitrogens is 2. The van der Waals surface area contributed by atoms with Gasteiger partial charge in [0.1, 0.15) is 11.5 Å². The molecule has 0 saturated heterocycles. The van der Waals surface area contributed by atoms with Crippen molar-refractivity contribution in [2.75, 3.05) is 0 Å². The van der Waals surface area contributed by atoms with Gasteiger partial charge in [0.15, 0.2) is 0 Å². The summed E-state index contributed by atoms with van der Waals surface area (Å²) < 4.78 is 1.96. The second-order valence-electron chi connectivity index (χ2n) is 9.92. The third kappa shape index (κ3) is 7.89. The van der Waals surface area contributed by atoms with Gasteiger partial charge in [-0.1, -0.05) is 86.1 Å². The number of aryl methyl sites for hydroxylation is 1. The van der Waals surface area contributed by atoms with Crippen LogP contribution in [0.25, 0.3) is 11.1 Å². The highest BCUT2D eigenvalue weighted by atomic mass is 16.5. The van der Waals surface area contributed by atoms with Crippen LogP contribution in [0.4, 0.5) is 0 Å². The molecule has 0 unspecified atom stereocenters. The van der Waals surface area contributed by atoms with Crippen molar-refractivity contribution in [3.63, 3.8) is 0 Å². The van der Waals surface area contributed by atoms with E-state index in [0.29, 0.717) is 24.9 Å². The van der Waals surface area contributed by atoms with Crippen LogP contribution in [0, 0.1) is 0 Å². The Morgan fingerprint density at radius 2 is 1.63 bits per heavy atom. The van der Waals surface area contributed by atoms with E-state index in [0.717, 1.165) is 35.4 Å². The SMILES string of the molecule is CCCCc1nc(C(=O)N[C@@H](CC(=O)NO)Cc2ccccc2)cn1Cc1ccc(-c2ccccc2C(=O)O)cc1. The zero-order valence-corrected chi connectivity index (χ0v) is 22.9. The van der Waals surface area contributed by atoms with Gasteiger partial charge in [-0.2, -0.15) is 0 Å². The van der Waals surface area contributed by atoms with E-state index in [1.165, 1.54) is 0 Å². The van der Waals surface area contributed by atoms with E-state index < -0.39 is 23.8 Å². The first-order valence-corrected chi connectivity index (χ1v) is 13.6. The number of hydrogen-bond acceptors (Lipinski definition) is 5. The topological polar surface area (TPSA) is 134 Å². The van der Waals surface area contributed by atoms with Crippen LogP contribution in [0.3, 0.4) is 0 Å². The standard InChI is InChI=1S/C32H34N4O5/c1-2-3-13-29-34-28(31(38)33-25(19-30(37)35-41)18-22-9-5-4-6-10-22)21-36(29)20-23-14-16-24(17-15-23)26-11-7-8-12-27(26)32(39)40/h4-12,14-17,21,25,41H,2-3,13,18-20H2,1H3,(H,33,38)(H,35,37)(H,39,40)/t25-/m1/s1. The summed E-state index contributed by atoms with van der Waals surface area (Å²) in [6.07, 6.45) is 4.64. The molecule has 1 atom stereocenters. The fourth-order valence-electron chi connectivity index (χ4n) is 4.74. The third-order valence-corrected chi connectivity index (χ3v) is 6.84. The summed E-state index contributed by atoms with van der Waals surface area (Å²) in [6.45, 7) is 2.58. The van der Waals surface area contributed by atoms with Gasteiger partial charge in [-0.3, -0.25) is 14.8 Å². The first-order valence-electron chi connectivity index (χ1n) is 13.6. The number of benzene rings is 3. The molecule has 0 fully saturated rings. The molecule has 212 valence electrons. The Hall–Kier alpha value is -4.76. The quantitative estimate of drug-likeness (QED) is 0.138. The van der Waals surface area contributed by atoms with Gasteiger partial charge in [0.2, 0.25) is 5.91 Å². The maximum Gasteiger partial charge on any atom is 0.336 e. The van der Waals surface area contributed by atoms with E-state index in [1.54, 1.807) is 29.9 Å². The lowest BCUT2D eigenvalue weighted by molar-refractivity contribution is -0.129. The molecule has 9 nitrogen and oxygen atoms in total. The molecule has 4 N–H and O–H groups in total. The number of nitrogens with zero attached hydrogens (tertiary/aromatic N) is 2. The molecule has 4 rings (SSSR count). The predicted octanol–water partition coefficient (Wildman–Crippen LogP) is 4.88. The molecule has 0 spiro atoms. The average Bonchev–Trinajstić information content (AvgIpc) is 3.39. The van der Waals surface area contributed by atoms with Crippen LogP contribution in [0.2, 0.25) is 0 Å². The summed E-state index contributed by atoms with van der Waals surface area (Å²) in [6, 6.07) is 23.5. The molecule has 41 heavy (non-hydrogen) atoms. The van der Waals surface area contributed by atoms with Crippen molar-refractivity contribution >= 4 is 17.8 Å². The number of carbonyl (C=O) groups excluding carboxylic acids is 2. The predicted molar refractivity (Wildman–Crippen MR) is 155 cm³/mol. The van der Waals surface area contributed by atoms with Crippen LogP contribution < -0.4 is 10.8 Å². The summed E-state index contributed by atoms with van der Waals surface area (Å²) in [5.41, 5.74) is 5.53. The van der Waals surface area contributed by atoms with Crippen LogP contribution >= 0.6 is 0 Å². The molecule has 0 aliphatic heterocycles. The highest BCUT2D eigenvalue weighted by Gasteiger charge is 2.21. The van der Waals surface area contributed by atoms with Crippen molar-refractivity contribution in [1.82, 2.24) is 20.3 Å².